The Hall–Kier alpha value is -2.14. The van der Waals surface area contributed by atoms with E-state index in [4.69, 9.17) is 0 Å². The van der Waals surface area contributed by atoms with Crippen molar-refractivity contribution < 1.29 is 26.3 Å². The molecule has 23 heavy (non-hydrogen) atoms. The van der Waals surface area contributed by atoms with Crippen LogP contribution in [0.25, 0.3) is 0 Å². The molecule has 2 rings (SSSR count). The number of aryl methyl sites for hydroxylation is 1. The zero-order valence-corrected chi connectivity index (χ0v) is 12.7. The van der Waals surface area contributed by atoms with Crippen LogP contribution in [0.1, 0.15) is 12.7 Å². The lowest BCUT2D eigenvalue weighted by molar-refractivity contribution is -0.274. The number of nitrogens with one attached hydrogen (secondary N) is 1. The number of benzene rings is 1. The summed E-state index contributed by atoms with van der Waals surface area (Å²) in [5, 5.41) is 7.45. The second kappa shape index (κ2) is 6.54. The Kier molecular flexibility index (Phi) is 4.90. The highest BCUT2D eigenvalue weighted by molar-refractivity contribution is 7.89. The van der Waals surface area contributed by atoms with Gasteiger partial charge in [0.15, 0.2) is 0 Å². The minimum Gasteiger partial charge on any atom is -0.406 e. The topological polar surface area (TPSA) is 86.1 Å². The number of sulfonamides is 1. The van der Waals surface area contributed by atoms with Crippen LogP contribution >= 0.6 is 0 Å². The van der Waals surface area contributed by atoms with E-state index in [0.717, 1.165) is 24.3 Å². The molecule has 0 spiro atoms. The van der Waals surface area contributed by atoms with Gasteiger partial charge in [-0.25, -0.2) is 13.1 Å². The standard InChI is InChI=1S/C12H13F3N4O3S/c1-2-19-8-16-18-11(19)7-17-23(20,21)10-5-3-9(4-6-10)22-12(13,14)15/h3-6,8,17H,2,7H2,1H3. The van der Waals surface area contributed by atoms with Crippen LogP contribution in [0.15, 0.2) is 35.5 Å². The molecule has 0 aliphatic carbocycles. The minimum absolute atomic E-state index is 0.0863. The van der Waals surface area contributed by atoms with Crippen LogP contribution in [0.5, 0.6) is 5.75 Å². The van der Waals surface area contributed by atoms with Gasteiger partial charge in [0.1, 0.15) is 17.9 Å². The number of hydrogen-bond acceptors (Lipinski definition) is 5. The highest BCUT2D eigenvalue weighted by Gasteiger charge is 2.31. The molecular weight excluding hydrogens is 337 g/mol. The van der Waals surface area contributed by atoms with E-state index < -0.39 is 22.1 Å². The lowest BCUT2D eigenvalue weighted by Gasteiger charge is -2.10. The lowest BCUT2D eigenvalue weighted by atomic mass is 10.3. The Morgan fingerprint density at radius 3 is 2.48 bits per heavy atom. The highest BCUT2D eigenvalue weighted by atomic mass is 32.2. The van der Waals surface area contributed by atoms with E-state index in [9.17, 15) is 21.6 Å². The third-order valence-corrected chi connectivity index (χ3v) is 4.24. The minimum atomic E-state index is -4.83. The van der Waals surface area contributed by atoms with Crippen molar-refractivity contribution in [2.75, 3.05) is 0 Å². The zero-order chi connectivity index (χ0) is 17.1. The third-order valence-electron chi connectivity index (χ3n) is 2.82. The normalized spacial score (nSPS) is 12.3. The predicted molar refractivity (Wildman–Crippen MR) is 72.8 cm³/mol. The van der Waals surface area contributed by atoms with E-state index in [1.165, 1.54) is 6.33 Å². The number of ether oxygens (including phenoxy) is 1. The van der Waals surface area contributed by atoms with Crippen molar-refractivity contribution in [1.82, 2.24) is 19.5 Å². The fraction of sp³-hybridized carbons (Fsp3) is 0.333. The fourth-order valence-corrected chi connectivity index (χ4v) is 2.72. The molecule has 0 amide bonds. The Bertz CT molecular complexity index is 757. The highest BCUT2D eigenvalue weighted by Crippen LogP contribution is 2.23. The summed E-state index contributed by atoms with van der Waals surface area (Å²) in [5.41, 5.74) is 0. The Morgan fingerprint density at radius 1 is 1.26 bits per heavy atom. The van der Waals surface area contributed by atoms with Gasteiger partial charge in [0.2, 0.25) is 10.0 Å². The van der Waals surface area contributed by atoms with E-state index in [0.29, 0.717) is 12.4 Å². The molecule has 0 unspecified atom stereocenters. The number of nitrogens with zero attached hydrogens (tertiary/aromatic N) is 3. The third kappa shape index (κ3) is 4.66. The van der Waals surface area contributed by atoms with Crippen LogP contribution in [-0.2, 0) is 23.1 Å². The van der Waals surface area contributed by atoms with Gasteiger partial charge in [-0.15, -0.1) is 23.4 Å². The molecule has 0 radical (unpaired) electrons. The average molecular weight is 350 g/mol. The predicted octanol–water partition coefficient (Wildman–Crippen LogP) is 1.68. The number of halogens is 3. The first-order valence-corrected chi connectivity index (χ1v) is 7.92. The maximum Gasteiger partial charge on any atom is 0.573 e. The van der Waals surface area contributed by atoms with Crippen LogP contribution in [-0.4, -0.2) is 29.5 Å². The van der Waals surface area contributed by atoms with Crippen molar-refractivity contribution in [3.8, 4) is 5.75 Å². The van der Waals surface area contributed by atoms with Crippen LogP contribution < -0.4 is 9.46 Å². The molecule has 0 aliphatic heterocycles. The SMILES string of the molecule is CCn1cnnc1CNS(=O)(=O)c1ccc(OC(F)(F)F)cc1. The van der Waals surface area contributed by atoms with Crippen molar-refractivity contribution in [2.45, 2.75) is 31.3 Å². The van der Waals surface area contributed by atoms with Gasteiger partial charge in [-0.2, -0.15) is 0 Å². The summed E-state index contributed by atoms with van der Waals surface area (Å²) in [6, 6.07) is 3.90. The molecule has 0 bridgehead atoms. The molecule has 1 aromatic heterocycles. The van der Waals surface area contributed by atoms with Crippen molar-refractivity contribution in [3.63, 3.8) is 0 Å². The Morgan fingerprint density at radius 2 is 1.91 bits per heavy atom. The summed E-state index contributed by atoms with van der Waals surface area (Å²) in [4.78, 5) is -0.186. The van der Waals surface area contributed by atoms with E-state index >= 15 is 0 Å². The summed E-state index contributed by atoms with van der Waals surface area (Å²) in [6.07, 6.45) is -3.37. The number of hydrogen-bond donors (Lipinski definition) is 1. The number of alkyl halides is 3. The van der Waals surface area contributed by atoms with Gasteiger partial charge in [0, 0.05) is 6.54 Å². The zero-order valence-electron chi connectivity index (χ0n) is 11.9. The molecule has 2 aromatic rings. The quantitative estimate of drug-likeness (QED) is 0.857. The van der Waals surface area contributed by atoms with Gasteiger partial charge in [0.05, 0.1) is 11.4 Å². The molecule has 0 saturated carbocycles. The maximum absolute atomic E-state index is 12.1. The van der Waals surface area contributed by atoms with E-state index in [1.54, 1.807) is 4.57 Å². The molecule has 7 nitrogen and oxygen atoms in total. The van der Waals surface area contributed by atoms with E-state index in [2.05, 4.69) is 19.7 Å². The fourth-order valence-electron chi connectivity index (χ4n) is 1.74. The first-order valence-electron chi connectivity index (χ1n) is 6.43. The maximum atomic E-state index is 12.1. The van der Waals surface area contributed by atoms with Gasteiger partial charge >= 0.3 is 6.36 Å². The van der Waals surface area contributed by atoms with Crippen LogP contribution in [0.3, 0.4) is 0 Å². The van der Waals surface area contributed by atoms with Gasteiger partial charge in [-0.1, -0.05) is 0 Å². The van der Waals surface area contributed by atoms with Crippen molar-refractivity contribution >= 4 is 10.0 Å². The van der Waals surface area contributed by atoms with Gasteiger partial charge in [0.25, 0.3) is 0 Å². The van der Waals surface area contributed by atoms with E-state index in [-0.39, 0.29) is 11.4 Å². The molecule has 1 heterocycles. The Balaban J connectivity index is 2.07. The summed E-state index contributed by atoms with van der Waals surface area (Å²) < 4.78 is 68.0. The molecule has 0 fully saturated rings. The van der Waals surface area contributed by atoms with Crippen LogP contribution in [0.4, 0.5) is 13.2 Å². The average Bonchev–Trinajstić information content (AvgIpc) is 2.91. The molecule has 0 aliphatic rings. The summed E-state index contributed by atoms with van der Waals surface area (Å²) >= 11 is 0. The van der Waals surface area contributed by atoms with Crippen molar-refractivity contribution in [3.05, 3.63) is 36.4 Å². The van der Waals surface area contributed by atoms with E-state index in [1.807, 2.05) is 6.92 Å². The first-order chi connectivity index (χ1) is 10.7. The van der Waals surface area contributed by atoms with Gasteiger partial charge in [-0.3, -0.25) is 0 Å². The monoisotopic (exact) mass is 350 g/mol. The lowest BCUT2D eigenvalue weighted by Crippen LogP contribution is -2.25. The largest absolute Gasteiger partial charge is 0.573 e. The summed E-state index contributed by atoms with van der Waals surface area (Å²) in [7, 11) is -3.89. The molecule has 11 heteroatoms. The molecule has 1 aromatic carbocycles. The second-order valence-electron chi connectivity index (χ2n) is 4.38. The summed E-state index contributed by atoms with van der Waals surface area (Å²) in [5.74, 6) is -0.0738. The smallest absolute Gasteiger partial charge is 0.406 e. The molecule has 0 saturated heterocycles. The molecule has 1 N–H and O–H groups in total. The second-order valence-corrected chi connectivity index (χ2v) is 6.14. The number of rotatable bonds is 6. The number of aromatic nitrogens is 3. The van der Waals surface area contributed by atoms with Crippen molar-refractivity contribution in [1.29, 1.82) is 0 Å². The Labute approximate surface area is 130 Å². The first kappa shape index (κ1) is 17.2. The van der Waals surface area contributed by atoms with Crippen LogP contribution in [0.2, 0.25) is 0 Å². The van der Waals surface area contributed by atoms with Gasteiger partial charge in [-0.05, 0) is 31.2 Å². The van der Waals surface area contributed by atoms with Crippen molar-refractivity contribution in [2.24, 2.45) is 0 Å². The van der Waals surface area contributed by atoms with Crippen LogP contribution in [0, 0.1) is 0 Å². The molecule has 0 atom stereocenters. The summed E-state index contributed by atoms with van der Waals surface area (Å²) in [6.45, 7) is 2.34. The van der Waals surface area contributed by atoms with Gasteiger partial charge < -0.3 is 9.30 Å². The molecule has 126 valence electrons. The molecular formula is C12H13F3N4O3S.